The molecule has 8 heteroatoms. The van der Waals surface area contributed by atoms with E-state index < -0.39 is 0 Å². The second-order valence-electron chi connectivity index (χ2n) is 6.01. The molecule has 2 heterocycles. The number of benzene rings is 1. The fourth-order valence-electron chi connectivity index (χ4n) is 2.64. The van der Waals surface area contributed by atoms with E-state index in [1.165, 1.54) is 5.56 Å². The van der Waals surface area contributed by atoms with E-state index in [0.29, 0.717) is 6.54 Å². The summed E-state index contributed by atoms with van der Waals surface area (Å²) >= 11 is 0. The van der Waals surface area contributed by atoms with Crippen molar-refractivity contribution in [2.75, 3.05) is 13.6 Å². The highest BCUT2D eigenvalue weighted by Crippen LogP contribution is 2.03. The first kappa shape index (κ1) is 20.9. The molecule has 144 valence electrons. The number of hydrogen-bond donors (Lipinski definition) is 2. The van der Waals surface area contributed by atoms with E-state index in [-0.39, 0.29) is 24.0 Å². The first-order valence-corrected chi connectivity index (χ1v) is 8.80. The first-order chi connectivity index (χ1) is 12.8. The van der Waals surface area contributed by atoms with Crippen LogP contribution in [-0.4, -0.2) is 39.1 Å². The van der Waals surface area contributed by atoms with Gasteiger partial charge in [-0.05, 0) is 18.1 Å². The summed E-state index contributed by atoms with van der Waals surface area (Å²) < 4.78 is 3.88. The van der Waals surface area contributed by atoms with Gasteiger partial charge in [0.15, 0.2) is 5.96 Å². The van der Waals surface area contributed by atoms with Gasteiger partial charge >= 0.3 is 0 Å². The Morgan fingerprint density at radius 3 is 2.63 bits per heavy atom. The number of guanidine groups is 1. The van der Waals surface area contributed by atoms with Crippen LogP contribution in [0.2, 0.25) is 0 Å². The highest BCUT2D eigenvalue weighted by Gasteiger charge is 2.02. The van der Waals surface area contributed by atoms with Crippen LogP contribution in [0.4, 0.5) is 0 Å². The second kappa shape index (κ2) is 11.4. The van der Waals surface area contributed by atoms with Gasteiger partial charge in [0.1, 0.15) is 0 Å². The van der Waals surface area contributed by atoms with E-state index in [9.17, 15) is 0 Å². The lowest BCUT2D eigenvalue weighted by atomic mass is 10.2. The van der Waals surface area contributed by atoms with Crippen LogP contribution in [0.15, 0.2) is 66.2 Å². The molecule has 0 saturated carbocycles. The number of hydrogen-bond acceptors (Lipinski definition) is 3. The zero-order chi connectivity index (χ0) is 18.0. The van der Waals surface area contributed by atoms with Gasteiger partial charge in [-0.1, -0.05) is 30.3 Å². The van der Waals surface area contributed by atoms with Crippen molar-refractivity contribution in [3.63, 3.8) is 0 Å². The smallest absolute Gasteiger partial charge is 0.191 e. The average Bonchev–Trinajstić information content (AvgIpc) is 3.34. The van der Waals surface area contributed by atoms with Crippen molar-refractivity contribution < 1.29 is 0 Å². The standard InChI is InChI=1S/C19H25N7.HI/c1-20-19(21-9-5-11-25-12-6-10-23-25)22-13-18-14-24-26(16-18)15-17-7-3-2-4-8-17;/h2-4,6-8,10,12,14,16H,5,9,11,13,15H2,1H3,(H2,20,21,22);1H. The summed E-state index contributed by atoms with van der Waals surface area (Å²) in [5, 5.41) is 15.3. The normalized spacial score (nSPS) is 11.1. The van der Waals surface area contributed by atoms with Gasteiger partial charge in [-0.25, -0.2) is 0 Å². The minimum absolute atomic E-state index is 0. The van der Waals surface area contributed by atoms with Gasteiger partial charge in [0, 0.05) is 50.8 Å². The molecule has 0 aliphatic rings. The van der Waals surface area contributed by atoms with Gasteiger partial charge in [-0.2, -0.15) is 10.2 Å². The van der Waals surface area contributed by atoms with Crippen LogP contribution in [0, 0.1) is 0 Å². The fraction of sp³-hybridized carbons (Fsp3) is 0.316. The molecule has 0 amide bonds. The van der Waals surface area contributed by atoms with Gasteiger partial charge < -0.3 is 10.6 Å². The van der Waals surface area contributed by atoms with Crippen LogP contribution in [0.3, 0.4) is 0 Å². The molecule has 27 heavy (non-hydrogen) atoms. The largest absolute Gasteiger partial charge is 0.356 e. The monoisotopic (exact) mass is 479 g/mol. The first-order valence-electron chi connectivity index (χ1n) is 8.80. The maximum Gasteiger partial charge on any atom is 0.191 e. The topological polar surface area (TPSA) is 72.1 Å². The molecule has 0 bridgehead atoms. The van der Waals surface area contributed by atoms with Crippen LogP contribution in [-0.2, 0) is 19.6 Å². The number of halogens is 1. The van der Waals surface area contributed by atoms with Crippen molar-refractivity contribution in [3.8, 4) is 0 Å². The lowest BCUT2D eigenvalue weighted by Gasteiger charge is -2.11. The molecule has 0 atom stereocenters. The summed E-state index contributed by atoms with van der Waals surface area (Å²) in [6.45, 7) is 3.20. The number of nitrogens with zero attached hydrogens (tertiary/aromatic N) is 5. The molecule has 0 aliphatic carbocycles. The van der Waals surface area contributed by atoms with E-state index in [1.54, 1.807) is 13.2 Å². The molecule has 0 spiro atoms. The molecule has 7 nitrogen and oxygen atoms in total. The van der Waals surface area contributed by atoms with Crippen molar-refractivity contribution in [1.29, 1.82) is 0 Å². The third-order valence-electron chi connectivity index (χ3n) is 3.97. The number of rotatable bonds is 8. The molecule has 0 unspecified atom stereocenters. The number of aryl methyl sites for hydroxylation is 1. The van der Waals surface area contributed by atoms with Gasteiger partial charge in [-0.15, -0.1) is 24.0 Å². The molecule has 0 radical (unpaired) electrons. The lowest BCUT2D eigenvalue weighted by molar-refractivity contribution is 0.570. The molecule has 0 fully saturated rings. The van der Waals surface area contributed by atoms with Crippen LogP contribution >= 0.6 is 24.0 Å². The predicted octanol–water partition coefficient (Wildman–Crippen LogP) is 2.50. The summed E-state index contributed by atoms with van der Waals surface area (Å²) in [4.78, 5) is 4.26. The Hall–Kier alpha value is -2.36. The van der Waals surface area contributed by atoms with E-state index in [4.69, 9.17) is 0 Å². The molecule has 2 aromatic heterocycles. The maximum atomic E-state index is 4.43. The lowest BCUT2D eigenvalue weighted by Crippen LogP contribution is -2.37. The quantitative estimate of drug-likeness (QED) is 0.226. The highest BCUT2D eigenvalue weighted by molar-refractivity contribution is 14.0. The second-order valence-corrected chi connectivity index (χ2v) is 6.01. The third-order valence-corrected chi connectivity index (χ3v) is 3.97. The zero-order valence-electron chi connectivity index (χ0n) is 15.5. The summed E-state index contributed by atoms with van der Waals surface area (Å²) in [5.74, 6) is 0.793. The van der Waals surface area contributed by atoms with Crippen molar-refractivity contribution in [1.82, 2.24) is 30.2 Å². The third kappa shape index (κ3) is 7.05. The van der Waals surface area contributed by atoms with Crippen LogP contribution < -0.4 is 10.6 Å². The Morgan fingerprint density at radius 1 is 1.04 bits per heavy atom. The van der Waals surface area contributed by atoms with E-state index in [0.717, 1.165) is 37.6 Å². The van der Waals surface area contributed by atoms with Crippen molar-refractivity contribution >= 4 is 29.9 Å². The van der Waals surface area contributed by atoms with Gasteiger partial charge in [0.25, 0.3) is 0 Å². The van der Waals surface area contributed by atoms with Crippen molar-refractivity contribution in [2.45, 2.75) is 26.1 Å². The van der Waals surface area contributed by atoms with Gasteiger partial charge in [-0.3, -0.25) is 14.4 Å². The number of aromatic nitrogens is 4. The Balaban J connectivity index is 0.00000261. The minimum atomic E-state index is 0. The van der Waals surface area contributed by atoms with Crippen LogP contribution in [0.1, 0.15) is 17.5 Å². The van der Waals surface area contributed by atoms with E-state index in [2.05, 4.69) is 44.2 Å². The van der Waals surface area contributed by atoms with Crippen molar-refractivity contribution in [3.05, 3.63) is 72.3 Å². The molecule has 3 rings (SSSR count). The summed E-state index contributed by atoms with van der Waals surface area (Å²) in [5.41, 5.74) is 2.37. The molecular formula is C19H26IN7. The number of nitrogens with one attached hydrogen (secondary N) is 2. The fourth-order valence-corrected chi connectivity index (χ4v) is 2.64. The molecule has 2 N–H and O–H groups in total. The minimum Gasteiger partial charge on any atom is -0.356 e. The average molecular weight is 479 g/mol. The molecule has 0 saturated heterocycles. The van der Waals surface area contributed by atoms with Gasteiger partial charge in [0.2, 0.25) is 0 Å². The Morgan fingerprint density at radius 2 is 1.89 bits per heavy atom. The molecule has 1 aromatic carbocycles. The Bertz CT molecular complexity index is 797. The molecule has 3 aromatic rings. The molecular weight excluding hydrogens is 453 g/mol. The molecule has 0 aliphatic heterocycles. The van der Waals surface area contributed by atoms with Gasteiger partial charge in [0.05, 0.1) is 12.7 Å². The Labute approximate surface area is 176 Å². The maximum absolute atomic E-state index is 4.43. The zero-order valence-corrected chi connectivity index (χ0v) is 17.8. The van der Waals surface area contributed by atoms with E-state index >= 15 is 0 Å². The summed E-state index contributed by atoms with van der Waals surface area (Å²) in [6, 6.07) is 12.3. The SMILES string of the molecule is CN=C(NCCCn1cccn1)NCc1cnn(Cc2ccccc2)c1.I. The summed E-state index contributed by atoms with van der Waals surface area (Å²) in [6.07, 6.45) is 8.70. The summed E-state index contributed by atoms with van der Waals surface area (Å²) in [7, 11) is 1.78. The number of aliphatic imine (C=N–C) groups is 1. The van der Waals surface area contributed by atoms with Crippen LogP contribution in [0.25, 0.3) is 0 Å². The van der Waals surface area contributed by atoms with Crippen molar-refractivity contribution in [2.24, 2.45) is 4.99 Å². The Kier molecular flexibility index (Phi) is 8.82. The predicted molar refractivity (Wildman–Crippen MR) is 118 cm³/mol. The van der Waals surface area contributed by atoms with Crippen LogP contribution in [0.5, 0.6) is 0 Å². The van der Waals surface area contributed by atoms with E-state index in [1.807, 2.05) is 46.0 Å². The highest BCUT2D eigenvalue weighted by atomic mass is 127.